The first-order chi connectivity index (χ1) is 21.4. The van der Waals surface area contributed by atoms with Crippen LogP contribution >= 0.6 is 0 Å². The molecule has 244 valence electrons. The molecule has 0 amide bonds. The Morgan fingerprint density at radius 2 is 1.44 bits per heavy atom. The number of fused-ring (bicyclic) bond motifs is 1. The second-order valence-electron chi connectivity index (χ2n) is 10.3. The van der Waals surface area contributed by atoms with E-state index in [1.165, 1.54) is 24.3 Å². The number of rotatable bonds is 7. The van der Waals surface area contributed by atoms with Crippen LogP contribution in [0, 0.1) is 0 Å². The Morgan fingerprint density at radius 3 is 2.07 bits per heavy atom. The predicted molar refractivity (Wildman–Crippen MR) is 145 cm³/mol. The van der Waals surface area contributed by atoms with Gasteiger partial charge in [-0.05, 0) is 24.3 Å². The molecule has 2 aliphatic heterocycles. The van der Waals surface area contributed by atoms with Crippen molar-refractivity contribution < 1.29 is 78.9 Å². The van der Waals surface area contributed by atoms with E-state index in [2.05, 4.69) is 4.74 Å². The molecular formula is C28H30O17. The standard InChI is InChI=1S/C28H30O17/c1-40-26(39)25-20(36)19(35)22(38)27(45-25)41-11-6-12(31)15-13(7-11)42-23(9-2-4-10(30)5-3-9)24(17(15)33)44-28-21(37)18(34)16(32)14(8-29)43-28/h2-7,14,16,18-22,25,27-32,34-38H,8H2,1H3/t14-,16-,18+,19+,20+,21-,22-,25+,27-,28+/m1/s1. The van der Waals surface area contributed by atoms with Crippen LogP contribution in [-0.2, 0) is 19.0 Å². The topological polar surface area (TPSA) is 276 Å². The van der Waals surface area contributed by atoms with Gasteiger partial charge >= 0.3 is 5.97 Å². The van der Waals surface area contributed by atoms with Gasteiger partial charge in [0.2, 0.25) is 23.8 Å². The van der Waals surface area contributed by atoms with Crippen molar-refractivity contribution in [1.29, 1.82) is 0 Å². The highest BCUT2D eigenvalue weighted by atomic mass is 16.7. The predicted octanol–water partition coefficient (Wildman–Crippen LogP) is -2.59. The number of phenols is 2. The molecular weight excluding hydrogens is 608 g/mol. The van der Waals surface area contributed by atoms with Gasteiger partial charge in [-0.3, -0.25) is 4.79 Å². The molecule has 2 aliphatic rings. The zero-order chi connectivity index (χ0) is 32.7. The van der Waals surface area contributed by atoms with Crippen LogP contribution in [0.1, 0.15) is 0 Å². The third kappa shape index (κ3) is 6.00. The molecule has 45 heavy (non-hydrogen) atoms. The number of carbonyl (C=O) groups is 1. The number of hydrogen-bond donors (Lipinski definition) is 9. The average Bonchev–Trinajstić information content (AvgIpc) is 3.02. The summed E-state index contributed by atoms with van der Waals surface area (Å²) in [5.74, 6) is -3.21. The van der Waals surface area contributed by atoms with E-state index in [1.807, 2.05) is 0 Å². The maximum Gasteiger partial charge on any atom is 0.337 e. The first kappa shape index (κ1) is 32.4. The van der Waals surface area contributed by atoms with Gasteiger partial charge in [-0.1, -0.05) is 0 Å². The summed E-state index contributed by atoms with van der Waals surface area (Å²) >= 11 is 0. The van der Waals surface area contributed by atoms with Crippen molar-refractivity contribution in [3.05, 3.63) is 46.6 Å². The molecule has 2 fully saturated rings. The number of esters is 1. The van der Waals surface area contributed by atoms with Crippen molar-refractivity contribution in [2.45, 2.75) is 61.4 Å². The summed E-state index contributed by atoms with van der Waals surface area (Å²) in [6.45, 7) is -0.776. The number of aliphatic hydroxyl groups is 7. The molecule has 0 radical (unpaired) electrons. The van der Waals surface area contributed by atoms with Gasteiger partial charge in [-0.2, -0.15) is 0 Å². The molecule has 2 saturated heterocycles. The highest BCUT2D eigenvalue weighted by Gasteiger charge is 2.49. The lowest BCUT2D eigenvalue weighted by Crippen LogP contribution is -2.61. The summed E-state index contributed by atoms with van der Waals surface area (Å²) in [6.07, 6.45) is -17.8. The number of carbonyl (C=O) groups excluding carboxylic acids is 1. The fraction of sp³-hybridized carbons (Fsp3) is 0.429. The van der Waals surface area contributed by atoms with Crippen LogP contribution in [0.25, 0.3) is 22.3 Å². The Morgan fingerprint density at radius 1 is 0.822 bits per heavy atom. The lowest BCUT2D eigenvalue weighted by atomic mass is 9.99. The number of phenolic OH excluding ortho intramolecular Hbond substituents is 2. The second kappa shape index (κ2) is 12.8. The van der Waals surface area contributed by atoms with Crippen molar-refractivity contribution in [1.82, 2.24) is 0 Å². The number of hydrogen-bond acceptors (Lipinski definition) is 17. The minimum absolute atomic E-state index is 0.140. The molecule has 1 aromatic heterocycles. The van der Waals surface area contributed by atoms with Gasteiger partial charge in [0.1, 0.15) is 70.9 Å². The lowest BCUT2D eigenvalue weighted by Gasteiger charge is -2.39. The molecule has 5 rings (SSSR count). The van der Waals surface area contributed by atoms with E-state index >= 15 is 0 Å². The molecule has 9 N–H and O–H groups in total. The van der Waals surface area contributed by atoms with Crippen molar-refractivity contribution in [2.24, 2.45) is 0 Å². The van der Waals surface area contributed by atoms with Crippen LogP contribution in [0.5, 0.6) is 23.0 Å². The number of aliphatic hydroxyl groups excluding tert-OH is 7. The van der Waals surface area contributed by atoms with Crippen LogP contribution in [0.4, 0.5) is 0 Å². The molecule has 17 nitrogen and oxygen atoms in total. The number of aromatic hydroxyl groups is 2. The zero-order valence-corrected chi connectivity index (χ0v) is 23.2. The molecule has 10 atom stereocenters. The van der Waals surface area contributed by atoms with Crippen molar-refractivity contribution >= 4 is 16.9 Å². The minimum atomic E-state index is -1.90. The van der Waals surface area contributed by atoms with Gasteiger partial charge in [-0.25, -0.2) is 4.79 Å². The van der Waals surface area contributed by atoms with Gasteiger partial charge in [0.15, 0.2) is 11.9 Å². The fourth-order valence-electron chi connectivity index (χ4n) is 4.91. The Balaban J connectivity index is 1.57. The van der Waals surface area contributed by atoms with Crippen molar-refractivity contribution in [3.63, 3.8) is 0 Å². The summed E-state index contributed by atoms with van der Waals surface area (Å²) in [5.41, 5.74) is -1.20. The highest BCUT2D eigenvalue weighted by molar-refractivity contribution is 5.88. The molecule has 3 heterocycles. The largest absolute Gasteiger partial charge is 0.508 e. The van der Waals surface area contributed by atoms with Crippen LogP contribution in [0.3, 0.4) is 0 Å². The SMILES string of the molecule is COC(=O)[C@H]1O[C@@H](Oc2cc(O)c3c(=O)c(O[C@@H]4O[C@H](CO)[C@@H](O)[C@H](O)[C@H]4O)c(-c4ccc(O)cc4)oc3c2)[C@H](O)[C@@H](O)[C@@H]1O. The van der Waals surface area contributed by atoms with Gasteiger partial charge < -0.3 is 74.1 Å². The smallest absolute Gasteiger partial charge is 0.337 e. The number of methoxy groups -OCH3 is 1. The Labute approximate surface area is 252 Å². The Hall–Kier alpha value is -4.04. The van der Waals surface area contributed by atoms with E-state index in [9.17, 15) is 55.5 Å². The van der Waals surface area contributed by atoms with E-state index in [0.717, 1.165) is 19.2 Å². The van der Waals surface area contributed by atoms with Gasteiger partial charge in [0.05, 0.1) is 13.7 Å². The Kier molecular flexibility index (Phi) is 9.17. The molecule has 17 heteroatoms. The highest BCUT2D eigenvalue weighted by Crippen LogP contribution is 2.38. The number of ether oxygens (including phenoxy) is 5. The molecule has 0 unspecified atom stereocenters. The molecule has 0 saturated carbocycles. The van der Waals surface area contributed by atoms with E-state index in [1.54, 1.807) is 0 Å². The van der Waals surface area contributed by atoms with Gasteiger partial charge in [-0.15, -0.1) is 0 Å². The van der Waals surface area contributed by atoms with E-state index in [4.69, 9.17) is 23.4 Å². The van der Waals surface area contributed by atoms with Gasteiger partial charge in [0.25, 0.3) is 0 Å². The first-order valence-corrected chi connectivity index (χ1v) is 13.4. The summed E-state index contributed by atoms with van der Waals surface area (Å²) in [5, 5.41) is 91.2. The second-order valence-corrected chi connectivity index (χ2v) is 10.3. The first-order valence-electron chi connectivity index (χ1n) is 13.4. The van der Waals surface area contributed by atoms with E-state index < -0.39 is 96.3 Å². The van der Waals surface area contributed by atoms with Gasteiger partial charge in [0, 0.05) is 17.7 Å². The molecule has 0 spiro atoms. The molecule has 2 aromatic carbocycles. The summed E-state index contributed by atoms with van der Waals surface area (Å²) in [6, 6.07) is 7.20. The monoisotopic (exact) mass is 638 g/mol. The van der Waals surface area contributed by atoms with Crippen LogP contribution < -0.4 is 14.9 Å². The molecule has 0 aliphatic carbocycles. The zero-order valence-electron chi connectivity index (χ0n) is 23.2. The summed E-state index contributed by atoms with van der Waals surface area (Å²) in [7, 11) is 1.01. The Bertz CT molecular complexity index is 1590. The normalized spacial score (nSPS) is 31.8. The van der Waals surface area contributed by atoms with E-state index in [0.29, 0.717) is 0 Å². The van der Waals surface area contributed by atoms with E-state index in [-0.39, 0.29) is 28.4 Å². The van der Waals surface area contributed by atoms with Crippen molar-refractivity contribution in [2.75, 3.05) is 13.7 Å². The molecule has 0 bridgehead atoms. The summed E-state index contributed by atoms with van der Waals surface area (Å²) in [4.78, 5) is 25.8. The third-order valence-corrected chi connectivity index (χ3v) is 7.37. The van der Waals surface area contributed by atoms with Crippen LogP contribution in [0.15, 0.2) is 45.6 Å². The average molecular weight is 639 g/mol. The van der Waals surface area contributed by atoms with Crippen molar-refractivity contribution in [3.8, 4) is 34.3 Å². The fourth-order valence-corrected chi connectivity index (χ4v) is 4.91. The van der Waals surface area contributed by atoms with Crippen LogP contribution in [0.2, 0.25) is 0 Å². The number of benzene rings is 2. The lowest BCUT2D eigenvalue weighted by molar-refractivity contribution is -0.277. The summed E-state index contributed by atoms with van der Waals surface area (Å²) < 4.78 is 32.3. The maximum atomic E-state index is 13.8. The maximum absolute atomic E-state index is 13.8. The molecule has 3 aromatic rings. The minimum Gasteiger partial charge on any atom is -0.508 e. The third-order valence-electron chi connectivity index (χ3n) is 7.37. The van der Waals surface area contributed by atoms with Crippen LogP contribution in [-0.4, -0.2) is 127 Å². The quantitative estimate of drug-likeness (QED) is 0.120.